The van der Waals surface area contributed by atoms with Gasteiger partial charge in [0.05, 0.1) is 22.1 Å². The van der Waals surface area contributed by atoms with Crippen molar-refractivity contribution in [3.63, 3.8) is 0 Å². The maximum absolute atomic E-state index is 2.89. The molecule has 0 unspecified atom stereocenters. The molecule has 0 saturated heterocycles. The van der Waals surface area contributed by atoms with Crippen LogP contribution in [0.2, 0.25) is 0 Å². The van der Waals surface area contributed by atoms with Gasteiger partial charge in [-0.05, 0) is 98.0 Å². The van der Waals surface area contributed by atoms with E-state index in [4.69, 9.17) is 0 Å². The number of rotatable bonds is 6. The third-order valence-electron chi connectivity index (χ3n) is 12.7. The van der Waals surface area contributed by atoms with Crippen LogP contribution in [0, 0.1) is 0 Å². The van der Waals surface area contributed by atoms with E-state index in [1.807, 2.05) is 0 Å². The van der Waals surface area contributed by atoms with Crippen LogP contribution >= 0.6 is 0 Å². The van der Waals surface area contributed by atoms with Crippen molar-refractivity contribution in [1.29, 1.82) is 0 Å². The molecule has 0 fully saturated rings. The first-order chi connectivity index (χ1) is 28.8. The highest BCUT2D eigenvalue weighted by atomic mass is 28.3. The molecule has 0 bridgehead atoms. The van der Waals surface area contributed by atoms with E-state index in [0.717, 1.165) is 6.42 Å². The zero-order chi connectivity index (χ0) is 38.2. The average molecular weight is 755 g/mol. The topological polar surface area (TPSA) is 9.86 Å². The molecule has 11 aromatic rings. The van der Waals surface area contributed by atoms with Crippen LogP contribution in [0.15, 0.2) is 218 Å². The lowest BCUT2D eigenvalue weighted by Crippen LogP contribution is -2.75. The van der Waals surface area contributed by atoms with Crippen LogP contribution < -0.4 is 20.7 Å². The molecular formula is C55H38N2Si. The van der Waals surface area contributed by atoms with E-state index in [2.05, 4.69) is 228 Å². The van der Waals surface area contributed by atoms with Crippen LogP contribution in [0.25, 0.3) is 66.1 Å². The first-order valence-electron chi connectivity index (χ1n) is 20.2. The van der Waals surface area contributed by atoms with Crippen molar-refractivity contribution in [2.45, 2.75) is 6.42 Å². The molecule has 0 amide bonds. The Morgan fingerprint density at radius 3 is 1.47 bits per heavy atom. The second-order valence-electron chi connectivity index (χ2n) is 15.6. The molecule has 2 heterocycles. The highest BCUT2D eigenvalue weighted by molar-refractivity contribution is 7.20. The fourth-order valence-electron chi connectivity index (χ4n) is 10.3. The van der Waals surface area contributed by atoms with E-state index in [0.29, 0.717) is 0 Å². The number of hydrogen-bond donors (Lipinski definition) is 0. The predicted molar refractivity (Wildman–Crippen MR) is 247 cm³/mol. The van der Waals surface area contributed by atoms with Crippen LogP contribution in [-0.2, 0) is 6.42 Å². The number of fused-ring (bicyclic) bond motifs is 9. The minimum atomic E-state index is -2.89. The van der Waals surface area contributed by atoms with Crippen molar-refractivity contribution in [3.8, 4) is 22.5 Å². The second-order valence-corrected chi connectivity index (χ2v) is 19.4. The Hall–Kier alpha value is -7.20. The van der Waals surface area contributed by atoms with E-state index in [-0.39, 0.29) is 0 Å². The van der Waals surface area contributed by atoms with Gasteiger partial charge in [0, 0.05) is 32.9 Å². The van der Waals surface area contributed by atoms with Crippen molar-refractivity contribution >= 4 is 72.4 Å². The lowest BCUT2D eigenvalue weighted by Gasteiger charge is -2.36. The number of para-hydroxylation sites is 3. The molecule has 3 heteroatoms. The molecule has 0 saturated carbocycles. The average Bonchev–Trinajstić information content (AvgIpc) is 3.96. The number of aromatic nitrogens is 2. The molecule has 9 aromatic carbocycles. The van der Waals surface area contributed by atoms with Gasteiger partial charge in [-0.2, -0.15) is 0 Å². The quantitative estimate of drug-likeness (QED) is 0.118. The maximum atomic E-state index is 2.51. The Kier molecular flexibility index (Phi) is 7.35. The molecule has 0 radical (unpaired) electrons. The fraction of sp³-hybridized carbons (Fsp3) is 0.0182. The van der Waals surface area contributed by atoms with Crippen LogP contribution in [0.3, 0.4) is 0 Å². The van der Waals surface area contributed by atoms with Crippen molar-refractivity contribution < 1.29 is 0 Å². The van der Waals surface area contributed by atoms with Gasteiger partial charge in [0.15, 0.2) is 8.07 Å². The molecule has 0 aliphatic heterocycles. The summed E-state index contributed by atoms with van der Waals surface area (Å²) in [5.74, 6) is 0. The van der Waals surface area contributed by atoms with Gasteiger partial charge in [0.2, 0.25) is 0 Å². The Morgan fingerprint density at radius 1 is 0.328 bits per heavy atom. The van der Waals surface area contributed by atoms with Crippen LogP contribution in [0.1, 0.15) is 11.1 Å². The van der Waals surface area contributed by atoms with E-state index in [9.17, 15) is 0 Å². The molecule has 2 aromatic heterocycles. The summed E-state index contributed by atoms with van der Waals surface area (Å²) in [6, 6.07) is 81.8. The van der Waals surface area contributed by atoms with Gasteiger partial charge in [-0.1, -0.05) is 170 Å². The molecule has 272 valence electrons. The molecular weight excluding hydrogens is 717 g/mol. The van der Waals surface area contributed by atoms with Crippen molar-refractivity contribution in [2.24, 2.45) is 0 Å². The number of hydrogen-bond acceptors (Lipinski definition) is 0. The minimum Gasteiger partial charge on any atom is -0.309 e. The molecule has 0 N–H and O–H groups in total. The van der Waals surface area contributed by atoms with E-state index in [1.54, 1.807) is 0 Å². The van der Waals surface area contributed by atoms with Crippen LogP contribution in [0.4, 0.5) is 0 Å². The Morgan fingerprint density at radius 2 is 0.810 bits per heavy atom. The molecule has 12 rings (SSSR count). The fourth-order valence-corrected chi connectivity index (χ4v) is 15.4. The first-order valence-corrected chi connectivity index (χ1v) is 22.2. The zero-order valence-corrected chi connectivity index (χ0v) is 32.9. The summed E-state index contributed by atoms with van der Waals surface area (Å²) in [4.78, 5) is 0. The number of benzene rings is 9. The predicted octanol–water partition coefficient (Wildman–Crippen LogP) is 10.8. The van der Waals surface area contributed by atoms with E-state index in [1.165, 1.54) is 98.0 Å². The summed E-state index contributed by atoms with van der Waals surface area (Å²) in [5, 5.41) is 10.7. The summed E-state index contributed by atoms with van der Waals surface area (Å²) in [6.45, 7) is 0. The molecule has 1 aliphatic carbocycles. The summed E-state index contributed by atoms with van der Waals surface area (Å²) in [6.07, 6.45) is 0.941. The number of nitrogens with zero attached hydrogens (tertiary/aromatic N) is 2. The van der Waals surface area contributed by atoms with Gasteiger partial charge in [-0.25, -0.2) is 0 Å². The maximum Gasteiger partial charge on any atom is 0.180 e. The third-order valence-corrected chi connectivity index (χ3v) is 17.6. The Bertz CT molecular complexity index is 3280. The molecule has 1 aliphatic rings. The lowest BCUT2D eigenvalue weighted by atomic mass is 10.1. The van der Waals surface area contributed by atoms with Gasteiger partial charge < -0.3 is 9.13 Å². The van der Waals surface area contributed by atoms with Crippen molar-refractivity contribution in [3.05, 3.63) is 230 Å². The van der Waals surface area contributed by atoms with Crippen LogP contribution in [0.5, 0.6) is 0 Å². The highest BCUT2D eigenvalue weighted by Gasteiger charge is 2.44. The van der Waals surface area contributed by atoms with Gasteiger partial charge in [-0.15, -0.1) is 0 Å². The minimum absolute atomic E-state index is 0.941. The van der Waals surface area contributed by atoms with Gasteiger partial charge in [-0.3, -0.25) is 0 Å². The van der Waals surface area contributed by atoms with Gasteiger partial charge in [0.25, 0.3) is 0 Å². The lowest BCUT2D eigenvalue weighted by molar-refractivity contribution is 1.17. The second kappa shape index (κ2) is 12.9. The normalized spacial score (nSPS) is 12.4. The third kappa shape index (κ3) is 4.71. The van der Waals surface area contributed by atoms with Crippen molar-refractivity contribution in [1.82, 2.24) is 9.13 Å². The Labute approximate surface area is 338 Å². The summed E-state index contributed by atoms with van der Waals surface area (Å²) in [7, 11) is -2.89. The van der Waals surface area contributed by atoms with E-state index >= 15 is 0 Å². The van der Waals surface area contributed by atoms with E-state index < -0.39 is 8.07 Å². The zero-order valence-electron chi connectivity index (χ0n) is 31.9. The summed E-state index contributed by atoms with van der Waals surface area (Å²) < 4.78 is 4.91. The SMILES string of the molecule is c1ccc([Si](c2ccccc2)(c2cccc(-n3c4ccccc4c4cc(-n5c6ccccc6c6ccccc65)ccc43)c2)c2cccc3c2Cc2ccccc2-3)cc1. The monoisotopic (exact) mass is 754 g/mol. The van der Waals surface area contributed by atoms with Gasteiger partial charge in [0.1, 0.15) is 0 Å². The Balaban J connectivity index is 1.12. The molecule has 0 spiro atoms. The highest BCUT2D eigenvalue weighted by Crippen LogP contribution is 2.38. The molecule has 2 nitrogen and oxygen atoms in total. The smallest absolute Gasteiger partial charge is 0.180 e. The summed E-state index contributed by atoms with van der Waals surface area (Å²) in [5.41, 5.74) is 12.8. The molecule has 58 heavy (non-hydrogen) atoms. The van der Waals surface area contributed by atoms with Gasteiger partial charge >= 0.3 is 0 Å². The first kappa shape index (κ1) is 33.0. The standard InChI is InChI=1S/C55H38N2Si/c1-3-19-41(20-4-1)58(42-21-5-2-6-22-42,55-32-16-28-45-44-24-8-7-17-38(44)35-50(45)55)43-23-15-18-39(36-43)56-53-31-14-11-27-48(53)49-37-40(33-34-54(49)56)57-51-29-12-9-25-46(51)47-26-10-13-30-52(47)57/h1-34,36-37H,35H2. The van der Waals surface area contributed by atoms with Crippen molar-refractivity contribution in [2.75, 3.05) is 0 Å². The van der Waals surface area contributed by atoms with Crippen LogP contribution in [-0.4, -0.2) is 17.2 Å². The summed E-state index contributed by atoms with van der Waals surface area (Å²) >= 11 is 0. The molecule has 0 atom stereocenters. The largest absolute Gasteiger partial charge is 0.309 e.